The minimum absolute atomic E-state index is 0.301. The Morgan fingerprint density at radius 1 is 0.938 bits per heavy atom. The minimum Gasteiger partial charge on any atom is -0.351 e. The molecule has 1 N–H and O–H groups in total. The zero-order valence-corrected chi connectivity index (χ0v) is 18.0. The van der Waals surface area contributed by atoms with Crippen LogP contribution in [0.25, 0.3) is 17.0 Å². The second-order valence-corrected chi connectivity index (χ2v) is 7.78. The van der Waals surface area contributed by atoms with Crippen LogP contribution in [0, 0.1) is 5.82 Å². The number of nitrogens with one attached hydrogen (secondary N) is 1. The van der Waals surface area contributed by atoms with Crippen LogP contribution in [0.5, 0.6) is 0 Å². The first-order valence-corrected chi connectivity index (χ1v) is 10.5. The molecule has 32 heavy (non-hydrogen) atoms. The number of para-hydroxylation sites is 1. The highest BCUT2D eigenvalue weighted by atomic mass is 32.1. The van der Waals surface area contributed by atoms with Crippen molar-refractivity contribution >= 4 is 28.6 Å². The lowest BCUT2D eigenvalue weighted by molar-refractivity contribution is 0.404. The van der Waals surface area contributed by atoms with Crippen molar-refractivity contribution in [1.82, 2.24) is 15.5 Å². The van der Waals surface area contributed by atoms with Gasteiger partial charge in [-0.1, -0.05) is 65.8 Å². The van der Waals surface area contributed by atoms with Crippen LogP contribution in [0.3, 0.4) is 0 Å². The molecule has 158 valence electrons. The van der Waals surface area contributed by atoms with Crippen LogP contribution in [-0.4, -0.2) is 15.3 Å². The van der Waals surface area contributed by atoms with Crippen molar-refractivity contribution in [3.05, 3.63) is 108 Å². The topological polar surface area (TPSA) is 54.2 Å². The van der Waals surface area contributed by atoms with E-state index in [1.54, 1.807) is 12.1 Å². The molecule has 7 heteroatoms. The Morgan fingerprint density at radius 3 is 2.28 bits per heavy atom. The van der Waals surface area contributed by atoms with Gasteiger partial charge in [0, 0.05) is 16.9 Å². The van der Waals surface area contributed by atoms with Gasteiger partial charge in [0.15, 0.2) is 5.11 Å². The summed E-state index contributed by atoms with van der Waals surface area (Å²) in [5, 5.41) is 8.11. The molecule has 4 aromatic rings. The van der Waals surface area contributed by atoms with Crippen molar-refractivity contribution in [1.29, 1.82) is 0 Å². The lowest BCUT2D eigenvalue weighted by Gasteiger charge is -2.37. The van der Waals surface area contributed by atoms with E-state index in [1.807, 2.05) is 72.5 Å². The van der Waals surface area contributed by atoms with Gasteiger partial charge in [0.25, 0.3) is 5.89 Å². The second kappa shape index (κ2) is 8.36. The third-order valence-electron chi connectivity index (χ3n) is 5.39. The molecule has 1 aliphatic rings. The smallest absolute Gasteiger partial charge is 0.258 e. The number of rotatable bonds is 4. The van der Waals surface area contributed by atoms with E-state index >= 15 is 0 Å². The Balaban J connectivity index is 1.66. The highest BCUT2D eigenvalue weighted by molar-refractivity contribution is 7.80. The number of anilines is 1. The number of aromatic nitrogens is 2. The first-order chi connectivity index (χ1) is 15.6. The number of halogens is 1. The number of nitrogens with zero attached hydrogens (tertiary/aromatic N) is 3. The van der Waals surface area contributed by atoms with Crippen LogP contribution >= 0.6 is 12.2 Å². The van der Waals surface area contributed by atoms with E-state index in [2.05, 4.69) is 15.5 Å². The zero-order valence-electron chi connectivity index (χ0n) is 17.2. The highest BCUT2D eigenvalue weighted by Crippen LogP contribution is 2.39. The van der Waals surface area contributed by atoms with Gasteiger partial charge >= 0.3 is 0 Å². The fourth-order valence-electron chi connectivity index (χ4n) is 3.85. The number of benzene rings is 3. The molecule has 0 amide bonds. The molecule has 0 saturated carbocycles. The standard InChI is InChI=1S/C25H19FN4OS/c1-16-21(24-28-23(29-31-24)18-8-4-2-5-9-18)22(17-12-14-19(26)15-13-17)27-25(32)30(16)20-10-6-3-7-11-20/h2-15,22H,1H3,(H,27,32). The summed E-state index contributed by atoms with van der Waals surface area (Å²) < 4.78 is 19.3. The summed E-state index contributed by atoms with van der Waals surface area (Å²) in [6.45, 7) is 1.97. The molecule has 5 nitrogen and oxygen atoms in total. The van der Waals surface area contributed by atoms with Gasteiger partial charge in [-0.15, -0.1) is 0 Å². The summed E-state index contributed by atoms with van der Waals surface area (Å²) in [4.78, 5) is 6.62. The van der Waals surface area contributed by atoms with Gasteiger partial charge in [-0.2, -0.15) is 4.98 Å². The highest BCUT2D eigenvalue weighted by Gasteiger charge is 2.34. The third kappa shape index (κ3) is 3.67. The zero-order chi connectivity index (χ0) is 22.1. The summed E-state index contributed by atoms with van der Waals surface area (Å²) in [6, 6.07) is 25.4. The van der Waals surface area contributed by atoms with Gasteiger partial charge in [-0.05, 0) is 49.0 Å². The first kappa shape index (κ1) is 20.1. The molecule has 1 atom stereocenters. The molecule has 0 aliphatic carbocycles. The number of thiocarbonyl (C=S) groups is 1. The average molecular weight is 443 g/mol. The van der Waals surface area contributed by atoms with E-state index in [0.29, 0.717) is 16.8 Å². The van der Waals surface area contributed by atoms with Crippen molar-refractivity contribution in [2.75, 3.05) is 4.90 Å². The summed E-state index contributed by atoms with van der Waals surface area (Å²) >= 11 is 5.71. The fraction of sp³-hybridized carbons (Fsp3) is 0.0800. The molecule has 0 radical (unpaired) electrons. The Bertz CT molecular complexity index is 1290. The van der Waals surface area contributed by atoms with E-state index in [0.717, 1.165) is 28.1 Å². The summed E-state index contributed by atoms with van der Waals surface area (Å²) in [6.07, 6.45) is 0. The van der Waals surface area contributed by atoms with Crippen molar-refractivity contribution in [3.8, 4) is 11.4 Å². The molecule has 0 bridgehead atoms. The van der Waals surface area contributed by atoms with Gasteiger partial charge in [0.2, 0.25) is 5.82 Å². The van der Waals surface area contributed by atoms with E-state index in [1.165, 1.54) is 12.1 Å². The molecule has 1 unspecified atom stereocenters. The molecule has 3 aromatic carbocycles. The van der Waals surface area contributed by atoms with E-state index in [9.17, 15) is 4.39 Å². The lowest BCUT2D eigenvalue weighted by atomic mass is 9.94. The van der Waals surface area contributed by atoms with Crippen LogP contribution in [0.15, 0.2) is 95.1 Å². The fourth-order valence-corrected chi connectivity index (χ4v) is 4.21. The molecular formula is C25H19FN4OS. The maximum absolute atomic E-state index is 13.6. The lowest BCUT2D eigenvalue weighted by Crippen LogP contribution is -2.46. The largest absolute Gasteiger partial charge is 0.351 e. The summed E-state index contributed by atoms with van der Waals surface area (Å²) in [7, 11) is 0. The van der Waals surface area contributed by atoms with Crippen LogP contribution in [0.2, 0.25) is 0 Å². The molecule has 1 aliphatic heterocycles. The third-order valence-corrected chi connectivity index (χ3v) is 5.69. The molecule has 5 rings (SSSR count). The number of hydrogen-bond donors (Lipinski definition) is 1. The second-order valence-electron chi connectivity index (χ2n) is 7.39. The Morgan fingerprint density at radius 2 is 1.59 bits per heavy atom. The van der Waals surface area contributed by atoms with E-state index in [-0.39, 0.29) is 11.9 Å². The maximum Gasteiger partial charge on any atom is 0.258 e. The predicted molar refractivity (Wildman–Crippen MR) is 126 cm³/mol. The van der Waals surface area contributed by atoms with Gasteiger partial charge in [-0.25, -0.2) is 4.39 Å². The Kier molecular flexibility index (Phi) is 5.25. The SMILES string of the molecule is CC1=C(c2nc(-c3ccccc3)no2)C(c2ccc(F)cc2)NC(=S)N1c1ccccc1. The molecule has 0 fully saturated rings. The maximum atomic E-state index is 13.6. The predicted octanol–water partition coefficient (Wildman–Crippen LogP) is 5.74. The summed E-state index contributed by atoms with van der Waals surface area (Å²) in [5.74, 6) is 0.578. The normalized spacial score (nSPS) is 16.2. The molecule has 1 aromatic heterocycles. The van der Waals surface area contributed by atoms with Gasteiger partial charge in [0.1, 0.15) is 5.82 Å². The monoisotopic (exact) mass is 442 g/mol. The minimum atomic E-state index is -0.368. The van der Waals surface area contributed by atoms with Crippen LogP contribution < -0.4 is 10.2 Å². The van der Waals surface area contributed by atoms with Crippen molar-refractivity contribution < 1.29 is 8.91 Å². The van der Waals surface area contributed by atoms with Gasteiger partial charge in [-0.3, -0.25) is 4.90 Å². The molecule has 0 spiro atoms. The molecule has 0 saturated heterocycles. The van der Waals surface area contributed by atoms with Gasteiger partial charge < -0.3 is 9.84 Å². The number of allylic oxidation sites excluding steroid dienone is 1. The van der Waals surface area contributed by atoms with Crippen molar-refractivity contribution in [2.45, 2.75) is 13.0 Å². The Hall–Kier alpha value is -3.84. The van der Waals surface area contributed by atoms with E-state index < -0.39 is 0 Å². The van der Waals surface area contributed by atoms with Crippen molar-refractivity contribution in [3.63, 3.8) is 0 Å². The quantitative estimate of drug-likeness (QED) is 0.407. The summed E-state index contributed by atoms with van der Waals surface area (Å²) in [5.41, 5.74) is 4.26. The first-order valence-electron chi connectivity index (χ1n) is 10.1. The van der Waals surface area contributed by atoms with E-state index in [4.69, 9.17) is 16.7 Å². The van der Waals surface area contributed by atoms with Crippen LogP contribution in [0.4, 0.5) is 10.1 Å². The Labute approximate surface area is 190 Å². The number of hydrogen-bond acceptors (Lipinski definition) is 4. The van der Waals surface area contributed by atoms with Crippen molar-refractivity contribution in [2.24, 2.45) is 0 Å². The van der Waals surface area contributed by atoms with Gasteiger partial charge in [0.05, 0.1) is 11.6 Å². The van der Waals surface area contributed by atoms with Crippen LogP contribution in [0.1, 0.15) is 24.4 Å². The molecule has 2 heterocycles. The molecular weight excluding hydrogens is 423 g/mol. The average Bonchev–Trinajstić information content (AvgIpc) is 3.30. The van der Waals surface area contributed by atoms with Crippen LogP contribution in [-0.2, 0) is 0 Å².